The van der Waals surface area contributed by atoms with Gasteiger partial charge in [-0.1, -0.05) is 18.2 Å². The summed E-state index contributed by atoms with van der Waals surface area (Å²) >= 11 is 0. The van der Waals surface area contributed by atoms with Gasteiger partial charge >= 0.3 is 0 Å². The molecule has 1 unspecified atom stereocenters. The fourth-order valence-corrected chi connectivity index (χ4v) is 1.52. The van der Waals surface area contributed by atoms with Crippen molar-refractivity contribution in [2.24, 2.45) is 0 Å². The molecule has 13 heavy (non-hydrogen) atoms. The number of para-hydroxylation sites is 1. The lowest BCUT2D eigenvalue weighted by molar-refractivity contribution is 0.321. The number of benzene rings is 1. The van der Waals surface area contributed by atoms with Crippen LogP contribution in [0.1, 0.15) is 11.5 Å². The van der Waals surface area contributed by atoms with Gasteiger partial charge in [-0.2, -0.15) is 0 Å². The molecule has 0 saturated heterocycles. The Morgan fingerprint density at radius 1 is 1.54 bits per heavy atom. The average molecular weight is 177 g/mol. The second kappa shape index (κ2) is 3.09. The third-order valence-corrected chi connectivity index (χ3v) is 2.24. The molecule has 0 fully saturated rings. The van der Waals surface area contributed by atoms with Gasteiger partial charge in [-0.3, -0.25) is 5.41 Å². The summed E-state index contributed by atoms with van der Waals surface area (Å²) in [7, 11) is 1.52. The summed E-state index contributed by atoms with van der Waals surface area (Å²) in [5.41, 5.74) is 1.05. The maximum absolute atomic E-state index is 7.56. The molecular formula is C10H11NO2. The van der Waals surface area contributed by atoms with E-state index in [1.807, 2.05) is 24.3 Å². The molecule has 0 amide bonds. The smallest absolute Gasteiger partial charge is 0.191 e. The highest BCUT2D eigenvalue weighted by molar-refractivity contribution is 5.82. The van der Waals surface area contributed by atoms with Crippen molar-refractivity contribution in [3.63, 3.8) is 0 Å². The Kier molecular flexibility index (Phi) is 1.93. The van der Waals surface area contributed by atoms with Crippen LogP contribution in [0.2, 0.25) is 0 Å². The molecule has 0 saturated carbocycles. The quantitative estimate of drug-likeness (QED) is 0.525. The SMILES string of the molecule is COC(=N)C1COc2ccccc21. The van der Waals surface area contributed by atoms with Crippen molar-refractivity contribution in [1.29, 1.82) is 5.41 Å². The first-order chi connectivity index (χ1) is 6.33. The zero-order valence-electron chi connectivity index (χ0n) is 7.41. The Bertz CT molecular complexity index is 335. The number of hydrogen-bond donors (Lipinski definition) is 1. The fraction of sp³-hybridized carbons (Fsp3) is 0.300. The van der Waals surface area contributed by atoms with Crippen LogP contribution in [-0.2, 0) is 4.74 Å². The number of fused-ring (bicyclic) bond motifs is 1. The van der Waals surface area contributed by atoms with Crippen LogP contribution in [-0.4, -0.2) is 19.6 Å². The predicted octanol–water partition coefficient (Wildman–Crippen LogP) is 1.79. The molecule has 0 bridgehead atoms. The van der Waals surface area contributed by atoms with E-state index < -0.39 is 0 Å². The maximum atomic E-state index is 7.56. The molecule has 0 spiro atoms. The Labute approximate surface area is 76.8 Å². The summed E-state index contributed by atoms with van der Waals surface area (Å²) in [6.07, 6.45) is 0. The summed E-state index contributed by atoms with van der Waals surface area (Å²) < 4.78 is 10.3. The molecule has 68 valence electrons. The molecule has 3 heteroatoms. The molecule has 1 aliphatic rings. The van der Waals surface area contributed by atoms with Crippen molar-refractivity contribution in [2.75, 3.05) is 13.7 Å². The van der Waals surface area contributed by atoms with Gasteiger partial charge in [-0.05, 0) is 6.07 Å². The number of methoxy groups -OCH3 is 1. The minimum absolute atomic E-state index is 0.0267. The summed E-state index contributed by atoms with van der Waals surface area (Å²) in [6.45, 7) is 0.520. The van der Waals surface area contributed by atoms with E-state index in [1.165, 1.54) is 7.11 Å². The topological polar surface area (TPSA) is 42.3 Å². The third-order valence-electron chi connectivity index (χ3n) is 2.24. The van der Waals surface area contributed by atoms with Gasteiger partial charge in [0.2, 0.25) is 0 Å². The van der Waals surface area contributed by atoms with E-state index in [0.717, 1.165) is 11.3 Å². The lowest BCUT2D eigenvalue weighted by Crippen LogP contribution is -2.14. The standard InChI is InChI=1S/C10H11NO2/c1-12-10(11)8-6-13-9-5-3-2-4-7(8)9/h2-5,8,11H,6H2,1H3. The van der Waals surface area contributed by atoms with E-state index in [2.05, 4.69) is 0 Å². The fourth-order valence-electron chi connectivity index (χ4n) is 1.52. The molecular weight excluding hydrogens is 166 g/mol. The van der Waals surface area contributed by atoms with Crippen molar-refractivity contribution in [1.82, 2.24) is 0 Å². The molecule has 0 radical (unpaired) electrons. The van der Waals surface area contributed by atoms with Crippen molar-refractivity contribution < 1.29 is 9.47 Å². The largest absolute Gasteiger partial charge is 0.492 e. The Morgan fingerprint density at radius 3 is 3.08 bits per heavy atom. The maximum Gasteiger partial charge on any atom is 0.191 e. The van der Waals surface area contributed by atoms with Crippen LogP contribution in [0.15, 0.2) is 24.3 Å². The van der Waals surface area contributed by atoms with Crippen LogP contribution in [0.4, 0.5) is 0 Å². The molecule has 0 aromatic heterocycles. The van der Waals surface area contributed by atoms with E-state index in [4.69, 9.17) is 14.9 Å². The summed E-state index contributed by atoms with van der Waals surface area (Å²) in [4.78, 5) is 0. The number of nitrogens with one attached hydrogen (secondary N) is 1. The van der Waals surface area contributed by atoms with Crippen LogP contribution < -0.4 is 4.74 Å². The molecule has 2 rings (SSSR count). The zero-order valence-corrected chi connectivity index (χ0v) is 7.41. The van der Waals surface area contributed by atoms with E-state index in [-0.39, 0.29) is 11.8 Å². The van der Waals surface area contributed by atoms with Crippen LogP contribution in [0.25, 0.3) is 0 Å². The first-order valence-corrected chi connectivity index (χ1v) is 4.17. The number of hydrogen-bond acceptors (Lipinski definition) is 3. The Morgan fingerprint density at radius 2 is 2.31 bits per heavy atom. The van der Waals surface area contributed by atoms with Gasteiger partial charge < -0.3 is 9.47 Å². The first-order valence-electron chi connectivity index (χ1n) is 4.17. The predicted molar refractivity (Wildman–Crippen MR) is 49.4 cm³/mol. The monoisotopic (exact) mass is 177 g/mol. The molecule has 1 atom stereocenters. The summed E-state index contributed by atoms with van der Waals surface area (Å²) in [5.74, 6) is 1.11. The van der Waals surface area contributed by atoms with E-state index >= 15 is 0 Å². The average Bonchev–Trinajstić information content (AvgIpc) is 2.60. The zero-order chi connectivity index (χ0) is 9.26. The molecule has 1 aromatic rings. The normalized spacial score (nSPS) is 19.0. The van der Waals surface area contributed by atoms with Crippen LogP contribution >= 0.6 is 0 Å². The van der Waals surface area contributed by atoms with Crippen molar-refractivity contribution in [3.05, 3.63) is 29.8 Å². The number of ether oxygens (including phenoxy) is 2. The van der Waals surface area contributed by atoms with Gasteiger partial charge in [0, 0.05) is 5.56 Å². The van der Waals surface area contributed by atoms with E-state index in [1.54, 1.807) is 0 Å². The second-order valence-electron chi connectivity index (χ2n) is 2.97. The molecule has 1 aromatic carbocycles. The van der Waals surface area contributed by atoms with Gasteiger partial charge in [0.1, 0.15) is 12.4 Å². The van der Waals surface area contributed by atoms with Crippen molar-refractivity contribution in [3.8, 4) is 5.75 Å². The van der Waals surface area contributed by atoms with Gasteiger partial charge in [0.15, 0.2) is 5.90 Å². The Hall–Kier alpha value is -1.51. The minimum atomic E-state index is -0.0267. The molecule has 1 aliphatic heterocycles. The first kappa shape index (κ1) is 8.10. The molecule has 3 nitrogen and oxygen atoms in total. The van der Waals surface area contributed by atoms with Gasteiger partial charge in [-0.25, -0.2) is 0 Å². The number of rotatable bonds is 1. The molecule has 1 N–H and O–H groups in total. The van der Waals surface area contributed by atoms with E-state index in [0.29, 0.717) is 6.61 Å². The van der Waals surface area contributed by atoms with Gasteiger partial charge in [-0.15, -0.1) is 0 Å². The minimum Gasteiger partial charge on any atom is -0.492 e. The highest BCUT2D eigenvalue weighted by Gasteiger charge is 2.27. The van der Waals surface area contributed by atoms with Crippen molar-refractivity contribution >= 4 is 5.90 Å². The Balaban J connectivity index is 2.33. The second-order valence-corrected chi connectivity index (χ2v) is 2.97. The third kappa shape index (κ3) is 1.26. The van der Waals surface area contributed by atoms with Crippen LogP contribution in [0, 0.1) is 5.41 Å². The van der Waals surface area contributed by atoms with Crippen LogP contribution in [0.5, 0.6) is 5.75 Å². The van der Waals surface area contributed by atoms with Crippen molar-refractivity contribution in [2.45, 2.75) is 5.92 Å². The summed E-state index contributed by atoms with van der Waals surface area (Å²) in [6, 6.07) is 7.76. The van der Waals surface area contributed by atoms with Gasteiger partial charge in [0.05, 0.1) is 13.0 Å². The highest BCUT2D eigenvalue weighted by atomic mass is 16.5. The lowest BCUT2D eigenvalue weighted by atomic mass is 10.0. The van der Waals surface area contributed by atoms with E-state index in [9.17, 15) is 0 Å². The summed E-state index contributed by atoms with van der Waals surface area (Å²) in [5, 5.41) is 7.56. The lowest BCUT2D eigenvalue weighted by Gasteiger charge is -2.07. The van der Waals surface area contributed by atoms with Gasteiger partial charge in [0.25, 0.3) is 0 Å². The molecule has 0 aliphatic carbocycles. The molecule has 1 heterocycles. The highest BCUT2D eigenvalue weighted by Crippen LogP contribution is 2.33. The van der Waals surface area contributed by atoms with Crippen LogP contribution in [0.3, 0.4) is 0 Å².